The zero-order valence-electron chi connectivity index (χ0n) is 10.3. The van der Waals surface area contributed by atoms with Crippen LogP contribution in [-0.4, -0.2) is 5.11 Å². The molecule has 0 atom stereocenters. The van der Waals surface area contributed by atoms with E-state index >= 15 is 0 Å². The summed E-state index contributed by atoms with van der Waals surface area (Å²) >= 11 is 3.00. The maximum Gasteiger partial charge on any atom is 0.420 e. The highest BCUT2D eigenvalue weighted by molar-refractivity contribution is 9.10. The number of benzene rings is 2. The summed E-state index contributed by atoms with van der Waals surface area (Å²) in [7, 11) is 0. The van der Waals surface area contributed by atoms with Crippen LogP contribution in [0.4, 0.5) is 13.2 Å². The van der Waals surface area contributed by atoms with Crippen LogP contribution in [0.2, 0.25) is 0 Å². The van der Waals surface area contributed by atoms with Crippen LogP contribution in [0.25, 0.3) is 0 Å². The molecule has 0 amide bonds. The molecule has 0 aliphatic heterocycles. The van der Waals surface area contributed by atoms with Gasteiger partial charge >= 0.3 is 6.18 Å². The third-order valence-corrected chi connectivity index (χ3v) is 3.22. The molecule has 0 unspecified atom stereocenters. The third-order valence-electron chi connectivity index (χ3n) is 2.72. The Bertz CT molecular complexity index is 639. The van der Waals surface area contributed by atoms with Gasteiger partial charge in [0.1, 0.15) is 17.2 Å². The fourth-order valence-corrected chi connectivity index (χ4v) is 2.01. The Hall–Kier alpha value is -1.69. The van der Waals surface area contributed by atoms with Crippen LogP contribution in [0.15, 0.2) is 40.9 Å². The average molecular weight is 347 g/mol. The first-order valence-electron chi connectivity index (χ1n) is 5.62. The number of hydrogen-bond donors (Lipinski definition) is 1. The minimum absolute atomic E-state index is 0.0341. The van der Waals surface area contributed by atoms with Gasteiger partial charge in [-0.3, -0.25) is 0 Å². The van der Waals surface area contributed by atoms with Gasteiger partial charge in [-0.25, -0.2) is 0 Å². The van der Waals surface area contributed by atoms with E-state index in [0.29, 0.717) is 10.0 Å². The topological polar surface area (TPSA) is 29.5 Å². The van der Waals surface area contributed by atoms with Crippen LogP contribution < -0.4 is 4.74 Å². The van der Waals surface area contributed by atoms with Crippen molar-refractivity contribution in [1.29, 1.82) is 0 Å². The highest BCUT2D eigenvalue weighted by atomic mass is 79.9. The van der Waals surface area contributed by atoms with Crippen LogP contribution in [0, 0.1) is 6.92 Å². The van der Waals surface area contributed by atoms with Crippen LogP contribution in [-0.2, 0) is 6.18 Å². The summed E-state index contributed by atoms with van der Waals surface area (Å²) in [5, 5.41) is 9.54. The van der Waals surface area contributed by atoms with E-state index < -0.39 is 11.7 Å². The molecule has 6 heteroatoms. The summed E-state index contributed by atoms with van der Waals surface area (Å²) in [6, 6.07) is 8.09. The van der Waals surface area contributed by atoms with Crippen LogP contribution in [0.3, 0.4) is 0 Å². The summed E-state index contributed by atoms with van der Waals surface area (Å²) < 4.78 is 44.5. The molecular weight excluding hydrogens is 337 g/mol. The lowest BCUT2D eigenvalue weighted by molar-refractivity contribution is -0.138. The second kappa shape index (κ2) is 5.36. The molecule has 0 saturated carbocycles. The van der Waals surface area contributed by atoms with Crippen molar-refractivity contribution < 1.29 is 23.0 Å². The Balaban J connectivity index is 2.46. The third kappa shape index (κ3) is 3.07. The molecule has 0 spiro atoms. The summed E-state index contributed by atoms with van der Waals surface area (Å²) in [6.45, 7) is 1.57. The molecule has 20 heavy (non-hydrogen) atoms. The first-order chi connectivity index (χ1) is 9.29. The Morgan fingerprint density at radius 3 is 2.45 bits per heavy atom. The standard InChI is InChI=1S/C14H10BrF3O2/c1-8-11(19)3-2-4-12(8)20-13-6-5-9(15)7-10(13)14(16,17)18/h2-7,19H,1H3. The number of phenolic OH excluding ortho intramolecular Hbond substituents is 1. The summed E-state index contributed by atoms with van der Waals surface area (Å²) in [5.74, 6) is -0.166. The largest absolute Gasteiger partial charge is 0.508 e. The van der Waals surface area contributed by atoms with Crippen LogP contribution >= 0.6 is 15.9 Å². The summed E-state index contributed by atoms with van der Waals surface area (Å²) in [5.41, 5.74) is -0.502. The lowest BCUT2D eigenvalue weighted by Crippen LogP contribution is -2.07. The van der Waals surface area contributed by atoms with Crippen molar-refractivity contribution in [3.63, 3.8) is 0 Å². The molecule has 0 radical (unpaired) electrons. The van der Waals surface area contributed by atoms with Crippen molar-refractivity contribution >= 4 is 15.9 Å². The number of rotatable bonds is 2. The van der Waals surface area contributed by atoms with E-state index in [0.717, 1.165) is 6.07 Å². The van der Waals surface area contributed by atoms with E-state index in [1.54, 1.807) is 6.92 Å². The highest BCUT2D eigenvalue weighted by Gasteiger charge is 2.34. The van der Waals surface area contributed by atoms with Gasteiger partial charge < -0.3 is 9.84 Å². The maximum absolute atomic E-state index is 13.0. The van der Waals surface area contributed by atoms with Gasteiger partial charge in [0, 0.05) is 10.0 Å². The van der Waals surface area contributed by atoms with E-state index in [2.05, 4.69) is 15.9 Å². The van der Waals surface area contributed by atoms with Gasteiger partial charge in [0.25, 0.3) is 0 Å². The lowest BCUT2D eigenvalue weighted by Gasteiger charge is -2.15. The Morgan fingerprint density at radius 2 is 1.80 bits per heavy atom. The second-order valence-electron chi connectivity index (χ2n) is 4.14. The molecule has 0 heterocycles. The molecule has 2 rings (SSSR count). The maximum atomic E-state index is 13.0. The summed E-state index contributed by atoms with van der Waals surface area (Å²) in [6.07, 6.45) is -4.52. The van der Waals surface area contributed by atoms with E-state index in [-0.39, 0.29) is 17.2 Å². The van der Waals surface area contributed by atoms with Crippen molar-refractivity contribution in [3.05, 3.63) is 52.0 Å². The Kier molecular flexibility index (Phi) is 3.94. The Labute approximate surface area is 121 Å². The molecular formula is C14H10BrF3O2. The van der Waals surface area contributed by atoms with Crippen LogP contribution in [0.5, 0.6) is 17.2 Å². The number of hydrogen-bond acceptors (Lipinski definition) is 2. The average Bonchev–Trinajstić information content (AvgIpc) is 2.36. The lowest BCUT2D eigenvalue weighted by atomic mass is 10.1. The molecule has 0 saturated heterocycles. The van der Waals surface area contributed by atoms with Gasteiger partial charge in [0.05, 0.1) is 5.56 Å². The fourth-order valence-electron chi connectivity index (χ4n) is 1.64. The zero-order valence-corrected chi connectivity index (χ0v) is 11.9. The van der Waals surface area contributed by atoms with Crippen molar-refractivity contribution in [2.75, 3.05) is 0 Å². The molecule has 2 aromatic rings. The van der Waals surface area contributed by atoms with Crippen molar-refractivity contribution in [3.8, 4) is 17.2 Å². The van der Waals surface area contributed by atoms with Gasteiger partial charge in [-0.1, -0.05) is 22.0 Å². The number of aromatic hydroxyl groups is 1. The molecule has 0 aliphatic carbocycles. The first kappa shape index (κ1) is 14.7. The fraction of sp³-hybridized carbons (Fsp3) is 0.143. The predicted octanol–water partition coefficient (Wildman–Crippen LogP) is 5.27. The number of phenols is 1. The summed E-state index contributed by atoms with van der Waals surface area (Å²) in [4.78, 5) is 0. The molecule has 0 bridgehead atoms. The molecule has 0 fully saturated rings. The van der Waals surface area contributed by atoms with E-state index in [9.17, 15) is 18.3 Å². The molecule has 2 nitrogen and oxygen atoms in total. The second-order valence-corrected chi connectivity index (χ2v) is 5.06. The van der Waals surface area contributed by atoms with E-state index in [1.807, 2.05) is 0 Å². The van der Waals surface area contributed by atoms with Gasteiger partial charge in [-0.05, 0) is 37.3 Å². The molecule has 2 aromatic carbocycles. The quantitative estimate of drug-likeness (QED) is 0.802. The van der Waals surface area contributed by atoms with Crippen molar-refractivity contribution in [2.24, 2.45) is 0 Å². The van der Waals surface area contributed by atoms with Crippen molar-refractivity contribution in [1.82, 2.24) is 0 Å². The number of halogens is 4. The highest BCUT2D eigenvalue weighted by Crippen LogP contribution is 2.40. The van der Waals surface area contributed by atoms with Crippen LogP contribution in [0.1, 0.15) is 11.1 Å². The van der Waals surface area contributed by atoms with Gasteiger partial charge in [0.15, 0.2) is 0 Å². The minimum Gasteiger partial charge on any atom is -0.508 e. The number of ether oxygens (including phenoxy) is 1. The Morgan fingerprint density at radius 1 is 1.10 bits per heavy atom. The van der Waals surface area contributed by atoms with Gasteiger partial charge in [-0.2, -0.15) is 13.2 Å². The van der Waals surface area contributed by atoms with Gasteiger partial charge in [0.2, 0.25) is 0 Å². The van der Waals surface area contributed by atoms with Gasteiger partial charge in [-0.15, -0.1) is 0 Å². The van der Waals surface area contributed by atoms with E-state index in [1.165, 1.54) is 30.3 Å². The smallest absolute Gasteiger partial charge is 0.420 e. The zero-order chi connectivity index (χ0) is 14.9. The molecule has 0 aliphatic rings. The van der Waals surface area contributed by atoms with E-state index in [4.69, 9.17) is 4.74 Å². The molecule has 106 valence electrons. The normalized spacial score (nSPS) is 11.4. The van der Waals surface area contributed by atoms with Crippen molar-refractivity contribution in [2.45, 2.75) is 13.1 Å². The monoisotopic (exact) mass is 346 g/mol. The molecule has 0 aromatic heterocycles. The predicted molar refractivity (Wildman–Crippen MR) is 72.1 cm³/mol. The molecule has 1 N–H and O–H groups in total. The first-order valence-corrected chi connectivity index (χ1v) is 6.41. The SMILES string of the molecule is Cc1c(O)cccc1Oc1ccc(Br)cc1C(F)(F)F. The number of alkyl halides is 3. The minimum atomic E-state index is -4.52.